The van der Waals surface area contributed by atoms with Gasteiger partial charge in [0.15, 0.2) is 0 Å². The first-order valence-electron chi connectivity index (χ1n) is 7.50. The molecule has 112 valence electrons. The van der Waals surface area contributed by atoms with Crippen molar-refractivity contribution in [1.29, 1.82) is 0 Å². The molecule has 0 bridgehead atoms. The maximum absolute atomic E-state index is 10.3. The van der Waals surface area contributed by atoms with Crippen LogP contribution in [0.2, 0.25) is 0 Å². The minimum absolute atomic E-state index is 0.404. The van der Waals surface area contributed by atoms with Crippen LogP contribution < -0.4 is 4.90 Å². The SMILES string of the molecule is Cc1ccc(C(O)CCN(C)c2cc(C)cc(C)c2)cc1. The Morgan fingerprint density at radius 3 is 2.05 bits per heavy atom. The van der Waals surface area contributed by atoms with Gasteiger partial charge in [-0.15, -0.1) is 0 Å². The molecule has 0 fully saturated rings. The minimum Gasteiger partial charge on any atom is -0.388 e. The van der Waals surface area contributed by atoms with Crippen molar-refractivity contribution >= 4 is 5.69 Å². The molecule has 0 aliphatic rings. The predicted octanol–water partition coefficient (Wildman–Crippen LogP) is 4.17. The van der Waals surface area contributed by atoms with E-state index in [9.17, 15) is 5.11 Å². The van der Waals surface area contributed by atoms with E-state index in [0.29, 0.717) is 0 Å². The first-order chi connectivity index (χ1) is 9.95. The zero-order chi connectivity index (χ0) is 15.4. The number of nitrogens with zero attached hydrogens (tertiary/aromatic N) is 1. The normalized spacial score (nSPS) is 12.2. The van der Waals surface area contributed by atoms with E-state index < -0.39 is 6.10 Å². The molecule has 0 aliphatic carbocycles. The number of hydrogen-bond donors (Lipinski definition) is 1. The molecule has 1 N–H and O–H groups in total. The van der Waals surface area contributed by atoms with Crippen LogP contribution in [0.25, 0.3) is 0 Å². The Kier molecular flexibility index (Phi) is 5.03. The number of hydrogen-bond acceptors (Lipinski definition) is 2. The summed E-state index contributed by atoms with van der Waals surface area (Å²) < 4.78 is 0. The Bertz CT molecular complexity index is 569. The third-order valence-corrected chi connectivity index (χ3v) is 3.85. The molecule has 2 aromatic carbocycles. The Morgan fingerprint density at radius 1 is 0.905 bits per heavy atom. The number of anilines is 1. The largest absolute Gasteiger partial charge is 0.388 e. The summed E-state index contributed by atoms with van der Waals surface area (Å²) in [4.78, 5) is 2.21. The summed E-state index contributed by atoms with van der Waals surface area (Å²) in [5.41, 5.74) is 5.98. The summed E-state index contributed by atoms with van der Waals surface area (Å²) in [6.07, 6.45) is 0.325. The molecule has 0 spiro atoms. The highest BCUT2D eigenvalue weighted by atomic mass is 16.3. The molecule has 0 radical (unpaired) electrons. The first kappa shape index (κ1) is 15.6. The van der Waals surface area contributed by atoms with Gasteiger partial charge in [-0.3, -0.25) is 0 Å². The predicted molar refractivity (Wildman–Crippen MR) is 89.9 cm³/mol. The van der Waals surface area contributed by atoms with Crippen LogP contribution >= 0.6 is 0 Å². The van der Waals surface area contributed by atoms with Crippen molar-refractivity contribution in [2.24, 2.45) is 0 Å². The van der Waals surface area contributed by atoms with Gasteiger partial charge in [0.25, 0.3) is 0 Å². The second-order valence-electron chi connectivity index (χ2n) is 5.98. The van der Waals surface area contributed by atoms with Crippen molar-refractivity contribution in [3.8, 4) is 0 Å². The zero-order valence-corrected chi connectivity index (χ0v) is 13.4. The van der Waals surface area contributed by atoms with E-state index in [2.05, 4.69) is 50.9 Å². The fourth-order valence-electron chi connectivity index (χ4n) is 2.57. The van der Waals surface area contributed by atoms with Gasteiger partial charge in [0.2, 0.25) is 0 Å². The van der Waals surface area contributed by atoms with Crippen molar-refractivity contribution in [3.63, 3.8) is 0 Å². The van der Waals surface area contributed by atoms with Crippen LogP contribution in [0.1, 0.15) is 34.8 Å². The number of aliphatic hydroxyl groups excluding tert-OH is 1. The molecular weight excluding hydrogens is 258 g/mol. The lowest BCUT2D eigenvalue weighted by Gasteiger charge is -2.22. The van der Waals surface area contributed by atoms with Crippen LogP contribution in [-0.4, -0.2) is 18.7 Å². The summed E-state index contributed by atoms with van der Waals surface area (Å²) in [5, 5.41) is 10.3. The molecule has 0 amide bonds. The fourth-order valence-corrected chi connectivity index (χ4v) is 2.57. The Morgan fingerprint density at radius 2 is 1.48 bits per heavy atom. The highest BCUT2D eigenvalue weighted by Gasteiger charge is 2.09. The molecule has 0 aromatic heterocycles. The molecule has 2 rings (SSSR count). The van der Waals surface area contributed by atoms with Crippen LogP contribution in [0.5, 0.6) is 0 Å². The molecule has 0 heterocycles. The number of benzene rings is 2. The second-order valence-corrected chi connectivity index (χ2v) is 5.98. The standard InChI is InChI=1S/C19H25NO/c1-14-5-7-17(8-6-14)19(21)9-10-20(4)18-12-15(2)11-16(3)13-18/h5-8,11-13,19,21H,9-10H2,1-4H3. The summed E-state index contributed by atoms with van der Waals surface area (Å²) in [5.74, 6) is 0. The second kappa shape index (κ2) is 6.77. The lowest BCUT2D eigenvalue weighted by atomic mass is 10.0. The van der Waals surface area contributed by atoms with Crippen molar-refractivity contribution in [2.45, 2.75) is 33.3 Å². The lowest BCUT2D eigenvalue weighted by Crippen LogP contribution is -2.20. The van der Waals surface area contributed by atoms with E-state index in [1.54, 1.807) is 0 Å². The third-order valence-electron chi connectivity index (χ3n) is 3.85. The quantitative estimate of drug-likeness (QED) is 0.890. The summed E-state index contributed by atoms with van der Waals surface area (Å²) in [6, 6.07) is 14.7. The smallest absolute Gasteiger partial charge is 0.0806 e. The number of rotatable bonds is 5. The maximum atomic E-state index is 10.3. The number of aryl methyl sites for hydroxylation is 3. The van der Waals surface area contributed by atoms with E-state index in [1.165, 1.54) is 22.4 Å². The summed E-state index contributed by atoms with van der Waals surface area (Å²) in [7, 11) is 2.08. The molecule has 0 aliphatic heterocycles. The molecule has 0 saturated heterocycles. The van der Waals surface area contributed by atoms with Crippen molar-refractivity contribution in [2.75, 3.05) is 18.5 Å². The van der Waals surface area contributed by atoms with E-state index in [0.717, 1.165) is 18.5 Å². The molecular formula is C19H25NO. The van der Waals surface area contributed by atoms with Gasteiger partial charge in [0.1, 0.15) is 0 Å². The maximum Gasteiger partial charge on any atom is 0.0806 e. The Labute approximate surface area is 128 Å². The summed E-state index contributed by atoms with van der Waals surface area (Å²) >= 11 is 0. The highest BCUT2D eigenvalue weighted by Crippen LogP contribution is 2.21. The highest BCUT2D eigenvalue weighted by molar-refractivity contribution is 5.50. The van der Waals surface area contributed by atoms with Gasteiger partial charge in [0.05, 0.1) is 6.10 Å². The van der Waals surface area contributed by atoms with Crippen molar-refractivity contribution < 1.29 is 5.11 Å². The van der Waals surface area contributed by atoms with Gasteiger partial charge in [-0.2, -0.15) is 0 Å². The fraction of sp³-hybridized carbons (Fsp3) is 0.368. The van der Waals surface area contributed by atoms with Gasteiger partial charge in [0, 0.05) is 19.3 Å². The first-order valence-corrected chi connectivity index (χ1v) is 7.50. The van der Waals surface area contributed by atoms with Crippen LogP contribution in [0.15, 0.2) is 42.5 Å². The summed E-state index contributed by atoms with van der Waals surface area (Å²) in [6.45, 7) is 7.12. The van der Waals surface area contributed by atoms with Gasteiger partial charge >= 0.3 is 0 Å². The monoisotopic (exact) mass is 283 g/mol. The van der Waals surface area contributed by atoms with Gasteiger partial charge in [-0.25, -0.2) is 0 Å². The van der Waals surface area contributed by atoms with Gasteiger partial charge in [-0.1, -0.05) is 35.9 Å². The van der Waals surface area contributed by atoms with E-state index >= 15 is 0 Å². The average Bonchev–Trinajstić information content (AvgIpc) is 2.44. The molecule has 1 atom stereocenters. The number of aliphatic hydroxyl groups is 1. The topological polar surface area (TPSA) is 23.5 Å². The molecule has 2 aromatic rings. The molecule has 2 heteroatoms. The average molecular weight is 283 g/mol. The van der Waals surface area contributed by atoms with Crippen LogP contribution in [0.4, 0.5) is 5.69 Å². The Hall–Kier alpha value is -1.80. The van der Waals surface area contributed by atoms with Crippen molar-refractivity contribution in [1.82, 2.24) is 0 Å². The minimum atomic E-state index is -0.404. The van der Waals surface area contributed by atoms with Crippen LogP contribution in [0.3, 0.4) is 0 Å². The van der Waals surface area contributed by atoms with Crippen LogP contribution in [0, 0.1) is 20.8 Å². The van der Waals surface area contributed by atoms with Crippen LogP contribution in [-0.2, 0) is 0 Å². The molecule has 0 saturated carbocycles. The Balaban J connectivity index is 1.97. The van der Waals surface area contributed by atoms with E-state index in [-0.39, 0.29) is 0 Å². The van der Waals surface area contributed by atoms with Crippen molar-refractivity contribution in [3.05, 3.63) is 64.7 Å². The molecule has 2 nitrogen and oxygen atoms in total. The van der Waals surface area contributed by atoms with E-state index in [1.807, 2.05) is 24.3 Å². The van der Waals surface area contributed by atoms with E-state index in [4.69, 9.17) is 0 Å². The third kappa shape index (κ3) is 4.33. The zero-order valence-electron chi connectivity index (χ0n) is 13.4. The van der Waals surface area contributed by atoms with Gasteiger partial charge < -0.3 is 10.0 Å². The molecule has 1 unspecified atom stereocenters. The van der Waals surface area contributed by atoms with Gasteiger partial charge in [-0.05, 0) is 56.0 Å². The molecule has 21 heavy (non-hydrogen) atoms. The lowest BCUT2D eigenvalue weighted by molar-refractivity contribution is 0.170.